The zero-order valence-electron chi connectivity index (χ0n) is 28.4. The number of likely N-dealkylation sites (tertiary alicyclic amines) is 1. The Morgan fingerprint density at radius 2 is 1.18 bits per heavy atom. The topological polar surface area (TPSA) is 291 Å². The number of methoxy groups -OCH3 is 3. The lowest BCUT2D eigenvalue weighted by Gasteiger charge is -2.41. The van der Waals surface area contributed by atoms with Crippen molar-refractivity contribution in [2.45, 2.75) is 63.3 Å². The number of benzene rings is 1. The fraction of sp³-hybridized carbons (Fsp3) is 0.633. The van der Waals surface area contributed by atoms with Gasteiger partial charge in [0, 0.05) is 18.5 Å². The summed E-state index contributed by atoms with van der Waals surface area (Å²) in [5.74, 6) is -5.83. The molecule has 0 spiro atoms. The summed E-state index contributed by atoms with van der Waals surface area (Å²) in [6.45, 7) is 7.44. The lowest BCUT2D eigenvalue weighted by Crippen LogP contribution is -2.49. The first-order valence-electron chi connectivity index (χ1n) is 14.8. The van der Waals surface area contributed by atoms with Gasteiger partial charge in [-0.25, -0.2) is 24.0 Å². The molecule has 1 aromatic rings. The molecule has 1 aromatic carbocycles. The van der Waals surface area contributed by atoms with Crippen molar-refractivity contribution in [1.82, 2.24) is 9.80 Å². The molecular formula is C30H48N2O17. The molecule has 0 radical (unpaired) electrons. The van der Waals surface area contributed by atoms with E-state index in [2.05, 4.69) is 37.7 Å². The molecule has 0 amide bonds. The van der Waals surface area contributed by atoms with Crippen LogP contribution in [0.4, 0.5) is 0 Å². The van der Waals surface area contributed by atoms with Crippen LogP contribution in [0.2, 0.25) is 0 Å². The Kier molecular flexibility index (Phi) is 19.8. The molecule has 1 aliphatic rings. The van der Waals surface area contributed by atoms with Crippen LogP contribution in [0.15, 0.2) is 12.1 Å². The van der Waals surface area contributed by atoms with E-state index in [1.165, 1.54) is 21.3 Å². The van der Waals surface area contributed by atoms with Gasteiger partial charge in [0.2, 0.25) is 5.75 Å². The van der Waals surface area contributed by atoms with Crippen molar-refractivity contribution in [2.75, 3.05) is 55.1 Å². The van der Waals surface area contributed by atoms with Crippen LogP contribution in [-0.2, 0) is 23.9 Å². The number of nitrogens with zero attached hydrogens (tertiary/aromatic N) is 2. The van der Waals surface area contributed by atoms with E-state index in [9.17, 15) is 24.0 Å². The summed E-state index contributed by atoms with van der Waals surface area (Å²) in [5, 5.41) is 65.1. The van der Waals surface area contributed by atoms with Gasteiger partial charge in [-0.3, -0.25) is 0 Å². The van der Waals surface area contributed by atoms with E-state index >= 15 is 0 Å². The number of piperidine rings is 1. The molecule has 280 valence electrons. The summed E-state index contributed by atoms with van der Waals surface area (Å²) in [6, 6.07) is 3.65. The highest BCUT2D eigenvalue weighted by Crippen LogP contribution is 2.38. The van der Waals surface area contributed by atoms with Crippen LogP contribution in [0, 0.1) is 5.92 Å². The number of hydrogen-bond donors (Lipinski definition) is 8. The van der Waals surface area contributed by atoms with Gasteiger partial charge in [0.15, 0.2) is 35.9 Å². The van der Waals surface area contributed by atoms with Crippen molar-refractivity contribution in [3.63, 3.8) is 0 Å². The Labute approximate surface area is 282 Å². The summed E-state index contributed by atoms with van der Waals surface area (Å²) in [4.78, 5) is 56.6. The predicted molar refractivity (Wildman–Crippen MR) is 168 cm³/mol. The zero-order chi connectivity index (χ0) is 38.2. The first-order valence-corrected chi connectivity index (χ1v) is 14.8. The average Bonchev–Trinajstić information content (AvgIpc) is 3.04. The minimum absolute atomic E-state index is 0.110. The maximum absolute atomic E-state index is 12.8. The smallest absolute Gasteiger partial charge is 0.338 e. The van der Waals surface area contributed by atoms with E-state index in [0.717, 1.165) is 32.5 Å². The Bertz CT molecular complexity index is 1150. The van der Waals surface area contributed by atoms with E-state index < -0.39 is 48.3 Å². The maximum Gasteiger partial charge on any atom is 0.338 e. The SMILES string of the molecule is COc1cc(C(=O)OC2CC(C)N(CCCN(C)C)CC2C)cc(OC)c1OC.O=C(O)[C@H](O)[C@@H](O)C(=O)O.O=C(O)[C@H](O)[C@@H](O)C(=O)O. The number of aliphatic carboxylic acids is 4. The van der Waals surface area contributed by atoms with Gasteiger partial charge < -0.3 is 69.6 Å². The molecule has 1 fully saturated rings. The van der Waals surface area contributed by atoms with Crippen LogP contribution < -0.4 is 14.2 Å². The average molecular weight is 709 g/mol. The van der Waals surface area contributed by atoms with Gasteiger partial charge in [0.25, 0.3) is 0 Å². The highest BCUT2D eigenvalue weighted by atomic mass is 16.5. The second-order valence-corrected chi connectivity index (χ2v) is 11.2. The predicted octanol–water partition coefficient (Wildman–Crippen LogP) is -1.33. The van der Waals surface area contributed by atoms with Crippen LogP contribution in [0.25, 0.3) is 0 Å². The van der Waals surface area contributed by atoms with Crippen molar-refractivity contribution in [1.29, 1.82) is 0 Å². The fourth-order valence-corrected chi connectivity index (χ4v) is 4.40. The lowest BCUT2D eigenvalue weighted by molar-refractivity contribution is -0.165. The maximum atomic E-state index is 12.8. The van der Waals surface area contributed by atoms with Crippen molar-refractivity contribution in [3.8, 4) is 17.2 Å². The largest absolute Gasteiger partial charge is 0.493 e. The van der Waals surface area contributed by atoms with Gasteiger partial charge in [-0.15, -0.1) is 0 Å². The second-order valence-electron chi connectivity index (χ2n) is 11.2. The molecule has 7 atom stereocenters. The molecule has 1 aliphatic heterocycles. The van der Waals surface area contributed by atoms with Gasteiger partial charge in [0.05, 0.1) is 26.9 Å². The molecule has 19 heteroatoms. The number of esters is 1. The van der Waals surface area contributed by atoms with Crippen LogP contribution >= 0.6 is 0 Å². The van der Waals surface area contributed by atoms with Crippen LogP contribution in [-0.4, -0.2) is 172 Å². The van der Waals surface area contributed by atoms with Crippen LogP contribution in [0.3, 0.4) is 0 Å². The van der Waals surface area contributed by atoms with Crippen molar-refractivity contribution < 1.29 is 83.8 Å². The van der Waals surface area contributed by atoms with Gasteiger partial charge in [-0.05, 0) is 59.1 Å². The quantitative estimate of drug-likeness (QED) is 0.0980. The Balaban J connectivity index is 0.000000942. The number of rotatable bonds is 15. The molecule has 49 heavy (non-hydrogen) atoms. The van der Waals surface area contributed by atoms with Gasteiger partial charge >= 0.3 is 29.8 Å². The standard InChI is InChI=1S/C22H36N2O5.2C4H6O6/c1-15-14-24(10-8-9-23(3)4)16(2)11-18(15)29-22(25)17-12-19(26-5)21(28-7)20(13-17)27-6;2*5-1(3(7)8)2(6)4(9)10/h12-13,15-16,18H,8-11,14H2,1-7H3;2*1-2,5-6H,(H,7,8)(H,9,10)/t;2*1-,2-/m.11/s1. The minimum Gasteiger partial charge on any atom is -0.493 e. The van der Waals surface area contributed by atoms with E-state index in [0.29, 0.717) is 28.9 Å². The summed E-state index contributed by atoms with van der Waals surface area (Å²) in [7, 11) is 8.79. The highest BCUT2D eigenvalue weighted by molar-refractivity contribution is 5.91. The summed E-state index contributed by atoms with van der Waals surface area (Å²) >= 11 is 0. The third-order valence-corrected chi connectivity index (χ3v) is 7.17. The lowest BCUT2D eigenvalue weighted by atomic mass is 9.91. The van der Waals surface area contributed by atoms with Crippen LogP contribution in [0.5, 0.6) is 17.2 Å². The highest BCUT2D eigenvalue weighted by Gasteiger charge is 2.34. The molecule has 0 saturated carbocycles. The number of aliphatic hydroxyl groups is 4. The Morgan fingerprint density at radius 3 is 1.51 bits per heavy atom. The van der Waals surface area contributed by atoms with E-state index in [1.807, 2.05) is 0 Å². The molecule has 1 saturated heterocycles. The number of ether oxygens (including phenoxy) is 4. The van der Waals surface area contributed by atoms with Gasteiger partial charge in [-0.2, -0.15) is 0 Å². The molecular weight excluding hydrogens is 660 g/mol. The second kappa shape index (κ2) is 21.6. The summed E-state index contributed by atoms with van der Waals surface area (Å²) < 4.78 is 21.9. The third-order valence-electron chi connectivity index (χ3n) is 7.17. The van der Waals surface area contributed by atoms with Gasteiger partial charge in [-0.1, -0.05) is 6.92 Å². The zero-order valence-corrected chi connectivity index (χ0v) is 28.4. The van der Waals surface area contributed by atoms with E-state index in [1.54, 1.807) is 12.1 Å². The third kappa shape index (κ3) is 14.8. The number of aliphatic hydroxyl groups excluding tert-OH is 4. The monoisotopic (exact) mass is 708 g/mol. The molecule has 8 N–H and O–H groups in total. The normalized spacial score (nSPS) is 19.7. The van der Waals surface area contributed by atoms with E-state index in [-0.39, 0.29) is 18.0 Å². The summed E-state index contributed by atoms with van der Waals surface area (Å²) in [5.41, 5.74) is 0.396. The summed E-state index contributed by atoms with van der Waals surface area (Å²) in [6.07, 6.45) is -7.20. The molecule has 1 heterocycles. The van der Waals surface area contributed by atoms with Crippen molar-refractivity contribution in [2.24, 2.45) is 5.92 Å². The number of hydrogen-bond acceptors (Lipinski definition) is 15. The number of carboxylic acids is 4. The number of carboxylic acid groups (broad SMARTS) is 4. The molecule has 3 unspecified atom stereocenters. The van der Waals surface area contributed by atoms with Crippen LogP contribution in [0.1, 0.15) is 37.0 Å². The fourth-order valence-electron chi connectivity index (χ4n) is 4.40. The molecule has 0 bridgehead atoms. The van der Waals surface area contributed by atoms with E-state index in [4.69, 9.17) is 59.8 Å². The van der Waals surface area contributed by atoms with Crippen molar-refractivity contribution >= 4 is 29.8 Å². The minimum atomic E-state index is -2.27. The first kappa shape index (κ1) is 44.7. The number of carbonyl (C=O) groups excluding carboxylic acids is 1. The molecule has 2 rings (SSSR count). The van der Waals surface area contributed by atoms with Crippen molar-refractivity contribution in [3.05, 3.63) is 17.7 Å². The number of carbonyl (C=O) groups is 5. The first-order chi connectivity index (χ1) is 22.7. The Hall–Kier alpha value is -4.27. The molecule has 19 nitrogen and oxygen atoms in total. The Morgan fingerprint density at radius 1 is 0.776 bits per heavy atom. The molecule has 0 aromatic heterocycles. The van der Waals surface area contributed by atoms with Gasteiger partial charge in [0.1, 0.15) is 6.10 Å². The molecule has 0 aliphatic carbocycles.